The van der Waals surface area contributed by atoms with Crippen LogP contribution in [0.2, 0.25) is 0 Å². The lowest BCUT2D eigenvalue weighted by atomic mass is 10.1. The molecule has 0 spiro atoms. The summed E-state index contributed by atoms with van der Waals surface area (Å²) in [6.07, 6.45) is 0.291. The quantitative estimate of drug-likeness (QED) is 0.757. The first-order chi connectivity index (χ1) is 8.36. The third-order valence-corrected chi connectivity index (χ3v) is 2.32. The Bertz CT molecular complexity index is 420. The minimum absolute atomic E-state index is 0.216. The van der Waals surface area contributed by atoms with Crippen LogP contribution in [-0.4, -0.2) is 22.5 Å². The highest BCUT2D eigenvalue weighted by Crippen LogP contribution is 2.17. The van der Waals surface area contributed by atoms with E-state index in [9.17, 15) is 9.59 Å². The van der Waals surface area contributed by atoms with Gasteiger partial charge in [0, 0.05) is 6.42 Å². The lowest BCUT2D eigenvalue weighted by molar-refractivity contribution is -0.188. The molecule has 4 heteroatoms. The van der Waals surface area contributed by atoms with E-state index in [2.05, 4.69) is 0 Å². The summed E-state index contributed by atoms with van der Waals surface area (Å²) in [4.78, 5) is 28.9. The summed E-state index contributed by atoms with van der Waals surface area (Å²) < 4.78 is 0. The Labute approximate surface area is 108 Å². The first-order valence-corrected chi connectivity index (χ1v) is 5.96. The number of hydroxylamine groups is 2. The van der Waals surface area contributed by atoms with Crippen LogP contribution in [0.4, 0.5) is 0 Å². The lowest BCUT2D eigenvalue weighted by Crippen LogP contribution is -2.46. The van der Waals surface area contributed by atoms with E-state index in [4.69, 9.17) is 4.84 Å². The molecule has 1 aromatic rings. The third-order valence-electron chi connectivity index (χ3n) is 2.32. The molecule has 1 aromatic carbocycles. The maximum absolute atomic E-state index is 11.9. The van der Waals surface area contributed by atoms with E-state index in [1.54, 1.807) is 31.2 Å². The third kappa shape index (κ3) is 3.58. The largest absolute Gasteiger partial charge is 0.363 e. The SMILES string of the molecule is CCC(=O)N(OC(=O)c1ccccc1)C(C)(C)C. The van der Waals surface area contributed by atoms with Crippen LogP contribution in [0.25, 0.3) is 0 Å². The van der Waals surface area contributed by atoms with Crippen LogP contribution in [0.15, 0.2) is 30.3 Å². The molecule has 0 aliphatic rings. The smallest absolute Gasteiger partial charge is 0.332 e. The Hall–Kier alpha value is -1.84. The number of carbonyl (C=O) groups excluding carboxylic acids is 2. The van der Waals surface area contributed by atoms with Crippen molar-refractivity contribution in [3.63, 3.8) is 0 Å². The first-order valence-electron chi connectivity index (χ1n) is 5.96. The van der Waals surface area contributed by atoms with E-state index in [0.29, 0.717) is 12.0 Å². The summed E-state index contributed by atoms with van der Waals surface area (Å²) in [5.74, 6) is -0.737. The molecule has 0 radical (unpaired) electrons. The van der Waals surface area contributed by atoms with Crippen molar-refractivity contribution in [1.82, 2.24) is 5.06 Å². The molecule has 0 aromatic heterocycles. The zero-order chi connectivity index (χ0) is 13.8. The molecule has 1 rings (SSSR count). The Kier molecular flexibility index (Phi) is 4.48. The fourth-order valence-corrected chi connectivity index (χ4v) is 1.42. The Morgan fingerprint density at radius 2 is 1.72 bits per heavy atom. The van der Waals surface area contributed by atoms with Crippen LogP contribution < -0.4 is 0 Å². The van der Waals surface area contributed by atoms with E-state index < -0.39 is 11.5 Å². The fourth-order valence-electron chi connectivity index (χ4n) is 1.42. The van der Waals surface area contributed by atoms with Gasteiger partial charge in [0.05, 0.1) is 11.1 Å². The van der Waals surface area contributed by atoms with Gasteiger partial charge in [-0.05, 0) is 32.9 Å². The second-order valence-corrected chi connectivity index (χ2v) is 4.96. The highest BCUT2D eigenvalue weighted by atomic mass is 16.7. The van der Waals surface area contributed by atoms with Crippen molar-refractivity contribution >= 4 is 11.9 Å². The van der Waals surface area contributed by atoms with Crippen molar-refractivity contribution in [2.24, 2.45) is 0 Å². The molecule has 0 aliphatic heterocycles. The van der Waals surface area contributed by atoms with Gasteiger partial charge < -0.3 is 4.84 Å². The maximum Gasteiger partial charge on any atom is 0.363 e. The fraction of sp³-hybridized carbons (Fsp3) is 0.429. The van der Waals surface area contributed by atoms with E-state index >= 15 is 0 Å². The highest BCUT2D eigenvalue weighted by molar-refractivity contribution is 5.90. The summed E-state index contributed by atoms with van der Waals surface area (Å²) in [5, 5.41) is 1.14. The van der Waals surface area contributed by atoms with Crippen molar-refractivity contribution in [1.29, 1.82) is 0 Å². The van der Waals surface area contributed by atoms with Crippen LogP contribution in [0.3, 0.4) is 0 Å². The summed E-state index contributed by atoms with van der Waals surface area (Å²) in [6.45, 7) is 7.19. The van der Waals surface area contributed by atoms with Gasteiger partial charge in [0.25, 0.3) is 5.91 Å². The van der Waals surface area contributed by atoms with Crippen LogP contribution in [0.1, 0.15) is 44.5 Å². The van der Waals surface area contributed by atoms with Crippen molar-refractivity contribution in [2.45, 2.75) is 39.7 Å². The molecular formula is C14H19NO3. The standard InChI is InChI=1S/C14H19NO3/c1-5-12(16)15(14(2,3)4)18-13(17)11-9-7-6-8-10-11/h6-10H,5H2,1-4H3. The summed E-state index contributed by atoms with van der Waals surface area (Å²) >= 11 is 0. The minimum atomic E-state index is -0.558. The molecule has 0 fully saturated rings. The van der Waals surface area contributed by atoms with Crippen LogP contribution in [0, 0.1) is 0 Å². The number of carbonyl (C=O) groups is 2. The molecule has 98 valence electrons. The van der Waals surface area contributed by atoms with Gasteiger partial charge in [0.2, 0.25) is 0 Å². The van der Waals surface area contributed by atoms with Crippen LogP contribution in [0.5, 0.6) is 0 Å². The molecule has 0 atom stereocenters. The van der Waals surface area contributed by atoms with Gasteiger partial charge in [0.15, 0.2) is 0 Å². The van der Waals surface area contributed by atoms with E-state index in [1.807, 2.05) is 26.8 Å². The predicted octanol–water partition coefficient (Wildman–Crippen LogP) is 2.80. The molecule has 18 heavy (non-hydrogen) atoms. The minimum Gasteiger partial charge on any atom is -0.332 e. The van der Waals surface area contributed by atoms with Gasteiger partial charge in [-0.3, -0.25) is 4.79 Å². The molecular weight excluding hydrogens is 230 g/mol. The molecule has 4 nitrogen and oxygen atoms in total. The monoisotopic (exact) mass is 249 g/mol. The summed E-state index contributed by atoms with van der Waals surface area (Å²) in [7, 11) is 0. The van der Waals surface area contributed by atoms with Gasteiger partial charge in [-0.2, -0.15) is 5.06 Å². The number of hydrogen-bond acceptors (Lipinski definition) is 3. The average molecular weight is 249 g/mol. The Morgan fingerprint density at radius 3 is 2.17 bits per heavy atom. The van der Waals surface area contributed by atoms with Crippen LogP contribution >= 0.6 is 0 Å². The van der Waals surface area contributed by atoms with Gasteiger partial charge in [-0.25, -0.2) is 4.79 Å². The zero-order valence-electron chi connectivity index (χ0n) is 11.3. The van der Waals surface area contributed by atoms with Gasteiger partial charge in [-0.15, -0.1) is 0 Å². The van der Waals surface area contributed by atoms with E-state index in [0.717, 1.165) is 5.06 Å². The van der Waals surface area contributed by atoms with Crippen LogP contribution in [-0.2, 0) is 9.63 Å². The number of hydrogen-bond donors (Lipinski definition) is 0. The number of rotatable bonds is 2. The molecule has 0 N–H and O–H groups in total. The number of benzene rings is 1. The second kappa shape index (κ2) is 5.67. The number of amides is 1. The van der Waals surface area contributed by atoms with Crippen molar-refractivity contribution < 1.29 is 14.4 Å². The Morgan fingerprint density at radius 1 is 1.17 bits per heavy atom. The predicted molar refractivity (Wildman–Crippen MR) is 68.7 cm³/mol. The second-order valence-electron chi connectivity index (χ2n) is 4.96. The summed E-state index contributed by atoms with van der Waals surface area (Å²) in [6, 6.07) is 8.62. The molecule has 0 saturated carbocycles. The van der Waals surface area contributed by atoms with E-state index in [-0.39, 0.29) is 5.91 Å². The van der Waals surface area contributed by atoms with E-state index in [1.165, 1.54) is 0 Å². The topological polar surface area (TPSA) is 46.6 Å². The Balaban J connectivity index is 2.86. The molecule has 0 unspecified atom stereocenters. The zero-order valence-corrected chi connectivity index (χ0v) is 11.3. The van der Waals surface area contributed by atoms with Crippen molar-refractivity contribution in [3.05, 3.63) is 35.9 Å². The normalized spacial score (nSPS) is 10.9. The molecule has 0 saturated heterocycles. The average Bonchev–Trinajstić information content (AvgIpc) is 2.34. The summed E-state index contributed by atoms with van der Waals surface area (Å²) in [5.41, 5.74) is -0.131. The lowest BCUT2D eigenvalue weighted by Gasteiger charge is -2.32. The number of nitrogens with zero attached hydrogens (tertiary/aromatic N) is 1. The van der Waals surface area contributed by atoms with Crippen molar-refractivity contribution in [2.75, 3.05) is 0 Å². The molecule has 1 amide bonds. The highest BCUT2D eigenvalue weighted by Gasteiger charge is 2.29. The molecule has 0 bridgehead atoms. The van der Waals surface area contributed by atoms with Gasteiger partial charge in [0.1, 0.15) is 0 Å². The maximum atomic E-state index is 11.9. The molecule has 0 aliphatic carbocycles. The van der Waals surface area contributed by atoms with Gasteiger partial charge in [-0.1, -0.05) is 25.1 Å². The molecule has 0 heterocycles. The van der Waals surface area contributed by atoms with Gasteiger partial charge >= 0.3 is 5.97 Å². The first kappa shape index (κ1) is 14.2. The van der Waals surface area contributed by atoms with Crippen molar-refractivity contribution in [3.8, 4) is 0 Å².